The zero-order valence-electron chi connectivity index (χ0n) is 15.6. The van der Waals surface area contributed by atoms with E-state index < -0.39 is 6.10 Å². The van der Waals surface area contributed by atoms with Gasteiger partial charge in [0.15, 0.2) is 0 Å². The average Bonchev–Trinajstić information content (AvgIpc) is 3.04. The van der Waals surface area contributed by atoms with E-state index in [-0.39, 0.29) is 11.9 Å². The number of benzene rings is 3. The minimum atomic E-state index is -0.533. The lowest BCUT2D eigenvalue weighted by molar-refractivity contribution is 0.0889. The first kappa shape index (κ1) is 17.7. The van der Waals surface area contributed by atoms with Crippen LogP contribution in [0.5, 0.6) is 0 Å². The largest absolute Gasteiger partial charge is 0.390 e. The smallest absolute Gasteiger partial charge is 0.251 e. The Labute approximate surface area is 159 Å². The van der Waals surface area contributed by atoms with Gasteiger partial charge in [0, 0.05) is 18.7 Å². The number of rotatable bonds is 3. The molecule has 0 aromatic heterocycles. The Morgan fingerprint density at radius 1 is 0.926 bits per heavy atom. The number of hydrogen-bond acceptors (Lipinski definition) is 3. The SMILES string of the molecule is Cc1cc(C)cc(-c2ccc3cc(C(=O)N[C@H]4CNC[C@H]4O)ccc3c2)c1. The molecule has 4 rings (SSSR count). The molecule has 0 unspecified atom stereocenters. The fourth-order valence-electron chi connectivity index (χ4n) is 3.77. The third-order valence-electron chi connectivity index (χ3n) is 5.16. The first-order valence-electron chi connectivity index (χ1n) is 9.32. The summed E-state index contributed by atoms with van der Waals surface area (Å²) in [6.45, 7) is 5.34. The van der Waals surface area contributed by atoms with Crippen molar-refractivity contribution in [2.45, 2.75) is 26.0 Å². The van der Waals surface area contributed by atoms with Gasteiger partial charge in [-0.2, -0.15) is 0 Å². The third kappa shape index (κ3) is 3.72. The zero-order valence-corrected chi connectivity index (χ0v) is 15.6. The van der Waals surface area contributed by atoms with Gasteiger partial charge in [-0.1, -0.05) is 47.5 Å². The van der Waals surface area contributed by atoms with Crippen LogP contribution in [0.25, 0.3) is 21.9 Å². The molecule has 1 amide bonds. The van der Waals surface area contributed by atoms with Crippen molar-refractivity contribution in [3.63, 3.8) is 0 Å². The van der Waals surface area contributed by atoms with Gasteiger partial charge in [0.05, 0.1) is 12.1 Å². The summed E-state index contributed by atoms with van der Waals surface area (Å²) >= 11 is 0. The van der Waals surface area contributed by atoms with E-state index in [2.05, 4.69) is 60.9 Å². The Bertz CT molecular complexity index is 992. The van der Waals surface area contributed by atoms with Crippen molar-refractivity contribution in [2.24, 2.45) is 0 Å². The summed E-state index contributed by atoms with van der Waals surface area (Å²) in [6.07, 6.45) is -0.533. The summed E-state index contributed by atoms with van der Waals surface area (Å²) in [4.78, 5) is 12.5. The molecule has 1 aliphatic heterocycles. The Morgan fingerprint density at radius 3 is 2.33 bits per heavy atom. The Kier molecular flexibility index (Phi) is 4.68. The number of β-amino-alcohol motifs (C(OH)–C–C–N with tert-alkyl or cyclic N) is 1. The summed E-state index contributed by atoms with van der Waals surface area (Å²) in [5, 5.41) is 18.0. The summed E-state index contributed by atoms with van der Waals surface area (Å²) < 4.78 is 0. The molecule has 4 heteroatoms. The second-order valence-electron chi connectivity index (χ2n) is 7.46. The summed E-state index contributed by atoms with van der Waals surface area (Å²) in [5.74, 6) is -0.150. The molecule has 0 bridgehead atoms. The van der Waals surface area contributed by atoms with Crippen LogP contribution in [0.1, 0.15) is 21.5 Å². The summed E-state index contributed by atoms with van der Waals surface area (Å²) in [5.41, 5.74) is 5.49. The molecule has 0 aliphatic carbocycles. The molecule has 0 saturated carbocycles. The van der Waals surface area contributed by atoms with Crippen molar-refractivity contribution in [2.75, 3.05) is 13.1 Å². The van der Waals surface area contributed by atoms with Crippen LogP contribution >= 0.6 is 0 Å². The number of aryl methyl sites for hydroxylation is 2. The molecule has 3 N–H and O–H groups in total. The Morgan fingerprint density at radius 2 is 1.63 bits per heavy atom. The van der Waals surface area contributed by atoms with Crippen molar-refractivity contribution in [1.82, 2.24) is 10.6 Å². The van der Waals surface area contributed by atoms with Crippen LogP contribution in [0.2, 0.25) is 0 Å². The molecule has 1 saturated heterocycles. The number of aliphatic hydroxyl groups excluding tert-OH is 1. The molecule has 0 spiro atoms. The monoisotopic (exact) mass is 360 g/mol. The van der Waals surface area contributed by atoms with Crippen LogP contribution in [-0.2, 0) is 0 Å². The molecule has 3 aromatic carbocycles. The van der Waals surface area contributed by atoms with Crippen molar-refractivity contribution in [3.05, 3.63) is 71.3 Å². The first-order chi connectivity index (χ1) is 13.0. The molecule has 3 aromatic rings. The van der Waals surface area contributed by atoms with E-state index in [9.17, 15) is 9.90 Å². The third-order valence-corrected chi connectivity index (χ3v) is 5.16. The highest BCUT2D eigenvalue weighted by Crippen LogP contribution is 2.27. The van der Waals surface area contributed by atoms with Crippen LogP contribution in [0.15, 0.2) is 54.6 Å². The molecule has 27 heavy (non-hydrogen) atoms. The highest BCUT2D eigenvalue weighted by atomic mass is 16.3. The molecular weight excluding hydrogens is 336 g/mol. The van der Waals surface area contributed by atoms with E-state index in [1.165, 1.54) is 22.3 Å². The van der Waals surface area contributed by atoms with Crippen LogP contribution < -0.4 is 10.6 Å². The number of carbonyl (C=O) groups excluding carboxylic acids is 1. The predicted octanol–water partition coefficient (Wildman–Crippen LogP) is 3.19. The molecule has 138 valence electrons. The molecule has 1 aliphatic rings. The Hall–Kier alpha value is -2.69. The predicted molar refractivity (Wildman–Crippen MR) is 109 cm³/mol. The van der Waals surface area contributed by atoms with Gasteiger partial charge < -0.3 is 15.7 Å². The second-order valence-corrected chi connectivity index (χ2v) is 7.46. The van der Waals surface area contributed by atoms with Gasteiger partial charge in [-0.3, -0.25) is 4.79 Å². The van der Waals surface area contributed by atoms with E-state index in [4.69, 9.17) is 0 Å². The van der Waals surface area contributed by atoms with Crippen molar-refractivity contribution in [3.8, 4) is 11.1 Å². The molecule has 0 radical (unpaired) electrons. The van der Waals surface area contributed by atoms with Crippen molar-refractivity contribution >= 4 is 16.7 Å². The van der Waals surface area contributed by atoms with E-state index in [1.54, 1.807) is 0 Å². The van der Waals surface area contributed by atoms with Crippen molar-refractivity contribution in [1.29, 1.82) is 0 Å². The lowest BCUT2D eigenvalue weighted by Gasteiger charge is -2.15. The number of hydrogen-bond donors (Lipinski definition) is 3. The maximum Gasteiger partial charge on any atom is 0.251 e. The van der Waals surface area contributed by atoms with Crippen LogP contribution in [0.4, 0.5) is 0 Å². The maximum atomic E-state index is 12.5. The molecule has 4 nitrogen and oxygen atoms in total. The first-order valence-corrected chi connectivity index (χ1v) is 9.32. The fraction of sp³-hybridized carbons (Fsp3) is 0.261. The normalized spacial score (nSPS) is 19.4. The molecular formula is C23H24N2O2. The number of amides is 1. The fourth-order valence-corrected chi connectivity index (χ4v) is 3.77. The van der Waals surface area contributed by atoms with Gasteiger partial charge in [-0.15, -0.1) is 0 Å². The minimum Gasteiger partial charge on any atom is -0.390 e. The van der Waals surface area contributed by atoms with Crippen LogP contribution in [0, 0.1) is 13.8 Å². The number of carbonyl (C=O) groups is 1. The van der Waals surface area contributed by atoms with Gasteiger partial charge in [-0.25, -0.2) is 0 Å². The Balaban J connectivity index is 1.61. The topological polar surface area (TPSA) is 61.4 Å². The van der Waals surface area contributed by atoms with Gasteiger partial charge >= 0.3 is 0 Å². The number of fused-ring (bicyclic) bond motifs is 1. The minimum absolute atomic E-state index is 0.150. The molecule has 1 heterocycles. The van der Waals surface area contributed by atoms with Gasteiger partial charge in [0.2, 0.25) is 0 Å². The van der Waals surface area contributed by atoms with Gasteiger partial charge in [0.25, 0.3) is 5.91 Å². The van der Waals surface area contributed by atoms with E-state index in [1.807, 2.05) is 18.2 Å². The molecule has 1 fully saturated rings. The van der Waals surface area contributed by atoms with Gasteiger partial charge in [0.1, 0.15) is 0 Å². The highest BCUT2D eigenvalue weighted by molar-refractivity contribution is 5.99. The second kappa shape index (κ2) is 7.14. The lowest BCUT2D eigenvalue weighted by atomic mass is 9.97. The summed E-state index contributed by atoms with van der Waals surface area (Å²) in [7, 11) is 0. The quantitative estimate of drug-likeness (QED) is 0.672. The zero-order chi connectivity index (χ0) is 19.0. The van der Waals surface area contributed by atoms with E-state index in [0.29, 0.717) is 18.7 Å². The lowest BCUT2D eigenvalue weighted by Crippen LogP contribution is -2.42. The standard InChI is InChI=1S/C23H24N2O2/c1-14-7-15(2)9-20(8-14)18-4-3-17-11-19(6-5-16(17)10-18)23(27)25-21-12-24-13-22(21)26/h3-11,21-22,24,26H,12-13H2,1-2H3,(H,25,27)/t21-,22+/m0/s1. The van der Waals surface area contributed by atoms with E-state index >= 15 is 0 Å². The molecule has 2 atom stereocenters. The average molecular weight is 360 g/mol. The van der Waals surface area contributed by atoms with Crippen LogP contribution in [-0.4, -0.2) is 36.2 Å². The summed E-state index contributed by atoms with van der Waals surface area (Å²) in [6, 6.07) is 18.4. The van der Waals surface area contributed by atoms with E-state index in [0.717, 1.165) is 10.8 Å². The van der Waals surface area contributed by atoms with Crippen LogP contribution in [0.3, 0.4) is 0 Å². The maximum absolute atomic E-state index is 12.5. The number of nitrogens with one attached hydrogen (secondary N) is 2. The highest BCUT2D eigenvalue weighted by Gasteiger charge is 2.26. The van der Waals surface area contributed by atoms with Gasteiger partial charge in [-0.05, 0) is 53.9 Å². The number of aliphatic hydroxyl groups is 1. The van der Waals surface area contributed by atoms with Crippen molar-refractivity contribution < 1.29 is 9.90 Å².